The van der Waals surface area contributed by atoms with E-state index in [1.165, 1.54) is 4.90 Å². The zero-order valence-electron chi connectivity index (χ0n) is 10.6. The summed E-state index contributed by atoms with van der Waals surface area (Å²) in [5.74, 6) is -1.03. The van der Waals surface area contributed by atoms with Crippen molar-refractivity contribution >= 4 is 11.9 Å². The Balaban J connectivity index is 2.59. The van der Waals surface area contributed by atoms with Crippen LogP contribution >= 0.6 is 0 Å². The summed E-state index contributed by atoms with van der Waals surface area (Å²) in [6, 6.07) is -0.510. The molecular formula is C12H22N2O3. The molecule has 0 aromatic heterocycles. The molecule has 5 heteroatoms. The maximum Gasteiger partial charge on any atom is 0.326 e. The van der Waals surface area contributed by atoms with Gasteiger partial charge in [0.05, 0.1) is 0 Å². The Hall–Kier alpha value is -1.10. The average molecular weight is 242 g/mol. The zero-order chi connectivity index (χ0) is 13.0. The van der Waals surface area contributed by atoms with E-state index in [2.05, 4.69) is 0 Å². The van der Waals surface area contributed by atoms with Crippen molar-refractivity contribution in [3.63, 3.8) is 0 Å². The molecule has 0 radical (unpaired) electrons. The van der Waals surface area contributed by atoms with E-state index in [1.54, 1.807) is 14.0 Å². The van der Waals surface area contributed by atoms with E-state index in [1.807, 2.05) is 0 Å². The molecule has 1 aliphatic rings. The van der Waals surface area contributed by atoms with Gasteiger partial charge < -0.3 is 15.7 Å². The molecule has 1 fully saturated rings. The Morgan fingerprint density at radius 1 is 1.35 bits per heavy atom. The first kappa shape index (κ1) is 14.0. The molecule has 1 aliphatic carbocycles. The lowest BCUT2D eigenvalue weighted by atomic mass is 9.85. The normalized spacial score (nSPS) is 26.3. The minimum atomic E-state index is -0.934. The number of carbonyl (C=O) groups is 2. The van der Waals surface area contributed by atoms with Crippen LogP contribution in [-0.4, -0.2) is 41.0 Å². The maximum absolute atomic E-state index is 12.1. The molecule has 0 spiro atoms. The summed E-state index contributed by atoms with van der Waals surface area (Å²) in [5, 5.41) is 9.02. The third-order valence-corrected chi connectivity index (χ3v) is 3.61. The van der Waals surface area contributed by atoms with Crippen LogP contribution in [0.5, 0.6) is 0 Å². The first-order chi connectivity index (χ1) is 7.97. The second-order valence-corrected chi connectivity index (χ2v) is 4.82. The Morgan fingerprint density at radius 2 is 1.88 bits per heavy atom. The predicted molar refractivity (Wildman–Crippen MR) is 64.4 cm³/mol. The Morgan fingerprint density at radius 3 is 2.29 bits per heavy atom. The van der Waals surface area contributed by atoms with Crippen molar-refractivity contribution in [2.24, 2.45) is 11.7 Å². The molecule has 5 nitrogen and oxygen atoms in total. The summed E-state index contributed by atoms with van der Waals surface area (Å²) in [6.45, 7) is 1.78. The third-order valence-electron chi connectivity index (χ3n) is 3.61. The number of aliphatic carboxylic acids is 1. The van der Waals surface area contributed by atoms with Gasteiger partial charge in [-0.2, -0.15) is 0 Å². The highest BCUT2D eigenvalue weighted by Crippen LogP contribution is 2.25. The van der Waals surface area contributed by atoms with Crippen molar-refractivity contribution in [1.82, 2.24) is 4.90 Å². The number of nitrogens with zero attached hydrogens (tertiary/aromatic N) is 1. The standard InChI is InChI=1S/C12H22N2O3/c1-3-10(12(16)17)14(2)11(15)8-4-6-9(13)7-5-8/h8-10H,3-7,13H2,1-2H3,(H,16,17). The molecule has 0 heterocycles. The van der Waals surface area contributed by atoms with Gasteiger partial charge >= 0.3 is 5.97 Å². The van der Waals surface area contributed by atoms with E-state index in [9.17, 15) is 9.59 Å². The van der Waals surface area contributed by atoms with E-state index in [0.29, 0.717) is 6.42 Å². The summed E-state index contributed by atoms with van der Waals surface area (Å²) in [5.41, 5.74) is 5.79. The van der Waals surface area contributed by atoms with Crippen LogP contribution < -0.4 is 5.73 Å². The van der Waals surface area contributed by atoms with Gasteiger partial charge in [-0.15, -0.1) is 0 Å². The molecule has 0 bridgehead atoms. The largest absolute Gasteiger partial charge is 0.480 e. The summed E-state index contributed by atoms with van der Waals surface area (Å²) in [4.78, 5) is 24.5. The fourth-order valence-electron chi connectivity index (χ4n) is 2.42. The highest BCUT2D eigenvalue weighted by Gasteiger charge is 2.31. The molecule has 1 unspecified atom stereocenters. The lowest BCUT2D eigenvalue weighted by Gasteiger charge is -2.31. The van der Waals surface area contributed by atoms with Crippen molar-refractivity contribution in [2.45, 2.75) is 51.1 Å². The van der Waals surface area contributed by atoms with Crippen LogP contribution in [0.1, 0.15) is 39.0 Å². The second kappa shape index (κ2) is 6.00. The topological polar surface area (TPSA) is 83.6 Å². The van der Waals surface area contributed by atoms with Gasteiger partial charge in [0.25, 0.3) is 0 Å². The molecular weight excluding hydrogens is 220 g/mol. The second-order valence-electron chi connectivity index (χ2n) is 4.82. The molecule has 98 valence electrons. The van der Waals surface area contributed by atoms with Crippen molar-refractivity contribution in [3.8, 4) is 0 Å². The van der Waals surface area contributed by atoms with Crippen LogP contribution in [-0.2, 0) is 9.59 Å². The van der Waals surface area contributed by atoms with Crippen LogP contribution in [0.25, 0.3) is 0 Å². The summed E-state index contributed by atoms with van der Waals surface area (Å²) >= 11 is 0. The number of carboxylic acid groups (broad SMARTS) is 1. The molecule has 1 rings (SSSR count). The maximum atomic E-state index is 12.1. The first-order valence-electron chi connectivity index (χ1n) is 6.22. The van der Waals surface area contributed by atoms with Gasteiger partial charge in [-0.25, -0.2) is 4.79 Å². The number of amides is 1. The SMILES string of the molecule is CCC(C(=O)O)N(C)C(=O)C1CCC(N)CC1. The van der Waals surface area contributed by atoms with Crippen LogP contribution in [0.3, 0.4) is 0 Å². The van der Waals surface area contributed by atoms with Gasteiger partial charge in [0, 0.05) is 19.0 Å². The average Bonchev–Trinajstić information content (AvgIpc) is 2.29. The Labute approximate surface area is 102 Å². The number of carbonyl (C=O) groups excluding carboxylic acids is 1. The summed E-state index contributed by atoms with van der Waals surface area (Å²) < 4.78 is 0. The van der Waals surface area contributed by atoms with Crippen LogP contribution in [0, 0.1) is 5.92 Å². The van der Waals surface area contributed by atoms with E-state index in [-0.39, 0.29) is 17.9 Å². The zero-order valence-corrected chi connectivity index (χ0v) is 10.6. The number of nitrogens with two attached hydrogens (primary N) is 1. The van der Waals surface area contributed by atoms with Crippen LogP contribution in [0.4, 0.5) is 0 Å². The van der Waals surface area contributed by atoms with Crippen LogP contribution in [0.15, 0.2) is 0 Å². The summed E-state index contributed by atoms with van der Waals surface area (Å²) in [6.07, 6.45) is 3.70. The molecule has 17 heavy (non-hydrogen) atoms. The van der Waals surface area contributed by atoms with Gasteiger partial charge in [0.1, 0.15) is 6.04 Å². The van der Waals surface area contributed by atoms with Gasteiger partial charge in [0.15, 0.2) is 0 Å². The minimum absolute atomic E-state index is 0.0480. The highest BCUT2D eigenvalue weighted by molar-refractivity contribution is 5.84. The smallest absolute Gasteiger partial charge is 0.326 e. The molecule has 1 amide bonds. The van der Waals surface area contributed by atoms with E-state index >= 15 is 0 Å². The quantitative estimate of drug-likeness (QED) is 0.764. The molecule has 3 N–H and O–H groups in total. The van der Waals surface area contributed by atoms with E-state index < -0.39 is 12.0 Å². The first-order valence-corrected chi connectivity index (χ1v) is 6.22. The number of rotatable bonds is 4. The van der Waals surface area contributed by atoms with Gasteiger partial charge in [-0.3, -0.25) is 4.79 Å². The number of likely N-dealkylation sites (N-methyl/N-ethyl adjacent to an activating group) is 1. The molecule has 0 aliphatic heterocycles. The Bertz CT molecular complexity index is 285. The fourth-order valence-corrected chi connectivity index (χ4v) is 2.42. The fraction of sp³-hybridized carbons (Fsp3) is 0.833. The third kappa shape index (κ3) is 3.43. The van der Waals surface area contributed by atoms with E-state index in [4.69, 9.17) is 10.8 Å². The minimum Gasteiger partial charge on any atom is -0.480 e. The number of hydrogen-bond donors (Lipinski definition) is 2. The molecule has 0 saturated heterocycles. The van der Waals surface area contributed by atoms with Crippen molar-refractivity contribution in [3.05, 3.63) is 0 Å². The van der Waals surface area contributed by atoms with Crippen molar-refractivity contribution < 1.29 is 14.7 Å². The number of carboxylic acids is 1. The lowest BCUT2D eigenvalue weighted by molar-refractivity contribution is -0.151. The summed E-state index contributed by atoms with van der Waals surface area (Å²) in [7, 11) is 1.58. The number of hydrogen-bond acceptors (Lipinski definition) is 3. The Kier molecular flexibility index (Phi) is 4.93. The monoisotopic (exact) mass is 242 g/mol. The lowest BCUT2D eigenvalue weighted by Crippen LogP contribution is -2.46. The van der Waals surface area contributed by atoms with Gasteiger partial charge in [0.2, 0.25) is 5.91 Å². The predicted octanol–water partition coefficient (Wildman–Crippen LogP) is 0.825. The molecule has 0 aromatic carbocycles. The van der Waals surface area contributed by atoms with Crippen molar-refractivity contribution in [2.75, 3.05) is 7.05 Å². The molecule has 1 saturated carbocycles. The molecule has 0 aromatic rings. The van der Waals surface area contributed by atoms with Gasteiger partial charge in [-0.05, 0) is 32.1 Å². The van der Waals surface area contributed by atoms with Crippen molar-refractivity contribution in [1.29, 1.82) is 0 Å². The van der Waals surface area contributed by atoms with Crippen LogP contribution in [0.2, 0.25) is 0 Å². The van der Waals surface area contributed by atoms with Gasteiger partial charge in [-0.1, -0.05) is 6.92 Å². The van der Waals surface area contributed by atoms with E-state index in [0.717, 1.165) is 25.7 Å². The highest BCUT2D eigenvalue weighted by atomic mass is 16.4. The molecule has 1 atom stereocenters.